The quantitative estimate of drug-likeness (QED) is 0.364. The summed E-state index contributed by atoms with van der Waals surface area (Å²) in [7, 11) is 0. The van der Waals surface area contributed by atoms with Gasteiger partial charge in [0.15, 0.2) is 0 Å². The number of nitro benzene ring substituents is 2. The van der Waals surface area contributed by atoms with Crippen molar-refractivity contribution in [2.75, 3.05) is 0 Å². The zero-order valence-corrected chi connectivity index (χ0v) is 8.67. The molecule has 0 unspecified atom stereocenters. The van der Waals surface area contributed by atoms with Crippen LogP contribution >= 0.6 is 0 Å². The highest BCUT2D eigenvalue weighted by molar-refractivity contribution is 5.74. The van der Waals surface area contributed by atoms with E-state index in [4.69, 9.17) is 0 Å². The van der Waals surface area contributed by atoms with Crippen molar-refractivity contribution < 1.29 is 27.8 Å². The highest BCUT2D eigenvalue weighted by Gasteiger charge is 2.37. The molecule has 100 valence electrons. The van der Waals surface area contributed by atoms with Crippen molar-refractivity contribution >= 4 is 23.1 Å². The number of nitro groups is 2. The van der Waals surface area contributed by atoms with Crippen molar-refractivity contribution in [2.24, 2.45) is 4.99 Å². The Morgan fingerprint density at radius 1 is 1.11 bits per heavy atom. The minimum Gasteiger partial charge on any atom is -0.258 e. The zero-order chi connectivity index (χ0) is 14.8. The van der Waals surface area contributed by atoms with Gasteiger partial charge >= 0.3 is 17.6 Å². The lowest BCUT2D eigenvalue weighted by Gasteiger charge is -2.07. The number of isocyanates is 1. The van der Waals surface area contributed by atoms with Crippen LogP contribution in [0.5, 0.6) is 0 Å². The van der Waals surface area contributed by atoms with E-state index in [1.165, 1.54) is 0 Å². The minimum absolute atomic E-state index is 0.0587. The number of halogens is 3. The normalized spacial score (nSPS) is 10.7. The van der Waals surface area contributed by atoms with Crippen molar-refractivity contribution in [1.29, 1.82) is 0 Å². The summed E-state index contributed by atoms with van der Waals surface area (Å²) in [5, 5.41) is 21.2. The molecule has 0 atom stereocenters. The van der Waals surface area contributed by atoms with E-state index in [1.54, 1.807) is 0 Å². The van der Waals surface area contributed by atoms with E-state index in [0.717, 1.165) is 6.08 Å². The van der Waals surface area contributed by atoms with E-state index >= 15 is 0 Å². The number of rotatable bonds is 3. The van der Waals surface area contributed by atoms with E-state index in [9.17, 15) is 38.2 Å². The topological polar surface area (TPSA) is 116 Å². The highest BCUT2D eigenvalue weighted by Crippen LogP contribution is 2.42. The molecule has 0 aromatic heterocycles. The molecule has 1 aromatic rings. The van der Waals surface area contributed by atoms with Gasteiger partial charge in [0.05, 0.1) is 15.4 Å². The molecule has 0 saturated carbocycles. The van der Waals surface area contributed by atoms with Crippen molar-refractivity contribution in [1.82, 2.24) is 0 Å². The van der Waals surface area contributed by atoms with E-state index in [2.05, 4.69) is 4.99 Å². The molecule has 19 heavy (non-hydrogen) atoms. The fourth-order valence-electron chi connectivity index (χ4n) is 1.21. The van der Waals surface area contributed by atoms with E-state index < -0.39 is 38.6 Å². The average Bonchev–Trinajstić information content (AvgIpc) is 2.27. The van der Waals surface area contributed by atoms with Gasteiger partial charge in [0.1, 0.15) is 0 Å². The zero-order valence-electron chi connectivity index (χ0n) is 8.67. The SMILES string of the molecule is O=C=Nc1c([N+](=O)[O-])cc(C(F)(F)F)cc1[N+](=O)[O-]. The maximum Gasteiger partial charge on any atom is 0.416 e. The summed E-state index contributed by atoms with van der Waals surface area (Å²) in [4.78, 5) is 31.3. The maximum absolute atomic E-state index is 12.4. The van der Waals surface area contributed by atoms with Crippen LogP contribution in [0.2, 0.25) is 0 Å². The van der Waals surface area contributed by atoms with Crippen LogP contribution in [-0.4, -0.2) is 15.9 Å². The van der Waals surface area contributed by atoms with E-state index in [-0.39, 0.29) is 12.1 Å². The fourth-order valence-corrected chi connectivity index (χ4v) is 1.21. The van der Waals surface area contributed by atoms with Crippen LogP contribution in [0.25, 0.3) is 0 Å². The minimum atomic E-state index is -5.01. The molecule has 8 nitrogen and oxygen atoms in total. The first-order valence-electron chi connectivity index (χ1n) is 4.30. The van der Waals surface area contributed by atoms with Crippen molar-refractivity contribution in [3.8, 4) is 0 Å². The first-order chi connectivity index (χ1) is 8.68. The summed E-state index contributed by atoms with van der Waals surface area (Å²) in [6.07, 6.45) is -4.20. The van der Waals surface area contributed by atoms with Gasteiger partial charge in [-0.2, -0.15) is 18.2 Å². The van der Waals surface area contributed by atoms with Crippen molar-refractivity contribution in [3.63, 3.8) is 0 Å². The second kappa shape index (κ2) is 4.82. The third-order valence-corrected chi connectivity index (χ3v) is 1.95. The van der Waals surface area contributed by atoms with Crippen LogP contribution in [-0.2, 0) is 11.0 Å². The van der Waals surface area contributed by atoms with E-state index in [1.807, 2.05) is 0 Å². The summed E-state index contributed by atoms with van der Waals surface area (Å²) in [6, 6.07) is 0.117. The van der Waals surface area contributed by atoms with Gasteiger partial charge in [0.25, 0.3) is 0 Å². The predicted molar refractivity (Wildman–Crippen MR) is 52.5 cm³/mol. The van der Waals surface area contributed by atoms with Gasteiger partial charge in [-0.15, -0.1) is 0 Å². The average molecular weight is 277 g/mol. The molecule has 0 N–H and O–H groups in total. The lowest BCUT2D eigenvalue weighted by atomic mass is 10.1. The first-order valence-corrected chi connectivity index (χ1v) is 4.30. The molecule has 0 saturated heterocycles. The summed E-state index contributed by atoms with van der Waals surface area (Å²) in [5.41, 5.74) is -5.27. The number of carbonyl (C=O) groups excluding carboxylic acids is 1. The summed E-state index contributed by atoms with van der Waals surface area (Å²) >= 11 is 0. The van der Waals surface area contributed by atoms with Crippen molar-refractivity contribution in [3.05, 3.63) is 37.9 Å². The Kier molecular flexibility index (Phi) is 3.62. The van der Waals surface area contributed by atoms with Gasteiger partial charge in [0.2, 0.25) is 11.8 Å². The number of hydrogen-bond donors (Lipinski definition) is 0. The molecular weight excluding hydrogens is 275 g/mol. The Bertz CT molecular complexity index is 571. The number of nitrogens with zero attached hydrogens (tertiary/aromatic N) is 3. The standard InChI is InChI=1S/C8H2F3N3O5/c9-8(10,11)4-1-5(13(16)17)7(12-3-15)6(2-4)14(18)19/h1-2H. The molecule has 0 aliphatic rings. The molecular formula is C8H2F3N3O5. The third-order valence-electron chi connectivity index (χ3n) is 1.95. The Hall–Kier alpha value is -2.81. The van der Waals surface area contributed by atoms with Crippen LogP contribution in [0.1, 0.15) is 5.56 Å². The van der Waals surface area contributed by atoms with Crippen LogP contribution in [0, 0.1) is 20.2 Å². The third kappa shape index (κ3) is 2.90. The largest absolute Gasteiger partial charge is 0.416 e. The number of hydrogen-bond acceptors (Lipinski definition) is 6. The second-order valence-electron chi connectivity index (χ2n) is 3.08. The van der Waals surface area contributed by atoms with Crippen LogP contribution in [0.15, 0.2) is 17.1 Å². The van der Waals surface area contributed by atoms with Crippen LogP contribution in [0.4, 0.5) is 30.2 Å². The fraction of sp³-hybridized carbons (Fsp3) is 0.125. The summed E-state index contributed by atoms with van der Waals surface area (Å²) < 4.78 is 37.3. The van der Waals surface area contributed by atoms with Gasteiger partial charge in [-0.05, 0) is 0 Å². The molecule has 0 aliphatic carbocycles. The molecule has 0 radical (unpaired) electrons. The molecule has 0 heterocycles. The van der Waals surface area contributed by atoms with Crippen LogP contribution in [0.3, 0.4) is 0 Å². The Labute approximate surface area is 101 Å². The molecule has 11 heteroatoms. The molecule has 1 rings (SSSR count). The molecule has 0 fully saturated rings. The van der Waals surface area contributed by atoms with E-state index in [0.29, 0.717) is 0 Å². The lowest BCUT2D eigenvalue weighted by Crippen LogP contribution is -2.07. The number of alkyl halides is 3. The maximum atomic E-state index is 12.4. The molecule has 1 aromatic carbocycles. The molecule has 0 aliphatic heterocycles. The number of aliphatic imine (C=N–C) groups is 1. The highest BCUT2D eigenvalue weighted by atomic mass is 19.4. The van der Waals surface area contributed by atoms with Gasteiger partial charge in [0, 0.05) is 12.1 Å². The van der Waals surface area contributed by atoms with Gasteiger partial charge in [-0.1, -0.05) is 0 Å². The second-order valence-corrected chi connectivity index (χ2v) is 3.08. The summed E-state index contributed by atoms with van der Waals surface area (Å²) in [6.45, 7) is 0. The predicted octanol–water partition coefficient (Wildman–Crippen LogP) is 2.49. The van der Waals surface area contributed by atoms with Crippen molar-refractivity contribution in [2.45, 2.75) is 6.18 Å². The van der Waals surface area contributed by atoms with Gasteiger partial charge < -0.3 is 0 Å². The Morgan fingerprint density at radius 3 is 1.79 bits per heavy atom. The molecule has 0 spiro atoms. The molecule has 0 amide bonds. The Morgan fingerprint density at radius 2 is 1.53 bits per heavy atom. The van der Waals surface area contributed by atoms with Crippen LogP contribution < -0.4 is 0 Å². The van der Waals surface area contributed by atoms with Gasteiger partial charge in [-0.25, -0.2) is 4.79 Å². The first kappa shape index (κ1) is 14.3. The summed E-state index contributed by atoms with van der Waals surface area (Å²) in [5.74, 6) is 0. The molecule has 0 bridgehead atoms. The monoisotopic (exact) mass is 277 g/mol. The lowest BCUT2D eigenvalue weighted by molar-refractivity contribution is -0.392. The Balaban J connectivity index is 3.77. The smallest absolute Gasteiger partial charge is 0.258 e. The van der Waals surface area contributed by atoms with Gasteiger partial charge in [-0.3, -0.25) is 20.2 Å². The number of benzene rings is 1.